The fourth-order valence-corrected chi connectivity index (χ4v) is 1.75. The third kappa shape index (κ3) is 2.70. The molecule has 1 saturated heterocycles. The molecule has 0 bridgehead atoms. The second-order valence-electron chi connectivity index (χ2n) is 4.13. The zero-order valence-electron chi connectivity index (χ0n) is 10.1. The van der Waals surface area contributed by atoms with Gasteiger partial charge in [-0.15, -0.1) is 5.06 Å². The number of imide groups is 1. The van der Waals surface area contributed by atoms with Gasteiger partial charge in [0.15, 0.2) is 0 Å². The van der Waals surface area contributed by atoms with Gasteiger partial charge in [0.05, 0.1) is 12.1 Å². The van der Waals surface area contributed by atoms with Crippen molar-refractivity contribution in [1.82, 2.24) is 9.96 Å². The lowest BCUT2D eigenvalue weighted by Crippen LogP contribution is -2.34. The van der Waals surface area contributed by atoms with Crippen molar-refractivity contribution in [3.05, 3.63) is 24.4 Å². The molecular weight excluding hydrogens is 252 g/mol. The molecule has 0 unspecified atom stereocenters. The lowest BCUT2D eigenvalue weighted by Gasteiger charge is -2.17. The van der Waals surface area contributed by atoms with Crippen molar-refractivity contribution in [2.24, 2.45) is 0 Å². The Hall–Kier alpha value is -2.44. The Morgan fingerprint density at radius 1 is 1.21 bits per heavy atom. The molecule has 0 aromatic rings. The van der Waals surface area contributed by atoms with E-state index >= 15 is 0 Å². The summed E-state index contributed by atoms with van der Waals surface area (Å²) in [5.74, 6) is -1.93. The number of carbonyl (C=O) groups excluding carboxylic acids is 4. The van der Waals surface area contributed by atoms with Gasteiger partial charge in [-0.1, -0.05) is 6.58 Å². The molecule has 1 fully saturated rings. The van der Waals surface area contributed by atoms with Crippen molar-refractivity contribution in [3.8, 4) is 0 Å². The van der Waals surface area contributed by atoms with Gasteiger partial charge in [-0.3, -0.25) is 19.3 Å². The summed E-state index contributed by atoms with van der Waals surface area (Å²) in [4.78, 5) is 51.1. The third-order valence-corrected chi connectivity index (χ3v) is 2.77. The van der Waals surface area contributed by atoms with Gasteiger partial charge in [0.1, 0.15) is 0 Å². The zero-order chi connectivity index (χ0) is 14.0. The fraction of sp³-hybridized carbons (Fsp3) is 0.333. The summed E-state index contributed by atoms with van der Waals surface area (Å²) in [6, 6.07) is 0. The van der Waals surface area contributed by atoms with E-state index in [0.29, 0.717) is 12.1 Å². The number of nitrogens with zero attached hydrogens (tertiary/aromatic N) is 2. The van der Waals surface area contributed by atoms with Gasteiger partial charge < -0.3 is 4.84 Å². The first-order valence-electron chi connectivity index (χ1n) is 5.74. The number of carbonyl (C=O) groups is 4. The molecule has 0 atom stereocenters. The topological polar surface area (TPSA) is 84.0 Å². The lowest BCUT2D eigenvalue weighted by molar-refractivity contribution is -0.186. The van der Waals surface area contributed by atoms with Crippen molar-refractivity contribution in [1.29, 1.82) is 0 Å². The predicted octanol–water partition coefficient (Wildman–Crippen LogP) is -0.104. The highest BCUT2D eigenvalue weighted by Gasteiger charge is 2.29. The maximum atomic E-state index is 11.5. The fourth-order valence-electron chi connectivity index (χ4n) is 1.75. The van der Waals surface area contributed by atoms with Crippen molar-refractivity contribution >= 4 is 23.7 Å². The Morgan fingerprint density at radius 2 is 1.84 bits per heavy atom. The van der Waals surface area contributed by atoms with Crippen molar-refractivity contribution < 1.29 is 24.0 Å². The normalized spacial score (nSPS) is 18.7. The Labute approximate surface area is 109 Å². The van der Waals surface area contributed by atoms with Crippen molar-refractivity contribution in [3.63, 3.8) is 0 Å². The molecule has 7 nitrogen and oxygen atoms in total. The van der Waals surface area contributed by atoms with E-state index in [2.05, 4.69) is 6.58 Å². The van der Waals surface area contributed by atoms with Crippen LogP contribution < -0.4 is 0 Å². The van der Waals surface area contributed by atoms with Crippen LogP contribution >= 0.6 is 0 Å². The molecule has 0 aliphatic carbocycles. The molecule has 2 aliphatic heterocycles. The number of hydrogen-bond donors (Lipinski definition) is 0. The van der Waals surface area contributed by atoms with Gasteiger partial charge in [0.25, 0.3) is 17.7 Å². The first-order chi connectivity index (χ1) is 8.99. The van der Waals surface area contributed by atoms with Crippen LogP contribution in [0.25, 0.3) is 0 Å². The summed E-state index contributed by atoms with van der Waals surface area (Å²) < 4.78 is 0. The Morgan fingerprint density at radius 3 is 2.37 bits per heavy atom. The van der Waals surface area contributed by atoms with E-state index in [0.717, 1.165) is 22.1 Å². The highest BCUT2D eigenvalue weighted by molar-refractivity contribution is 6.13. The highest BCUT2D eigenvalue weighted by Crippen LogP contribution is 2.21. The lowest BCUT2D eigenvalue weighted by atomic mass is 10.3. The predicted molar refractivity (Wildman–Crippen MR) is 61.8 cm³/mol. The first kappa shape index (κ1) is 13.0. The van der Waals surface area contributed by atoms with Crippen LogP contribution in [0.3, 0.4) is 0 Å². The molecular formula is C12H12N2O5. The molecule has 7 heteroatoms. The molecule has 0 N–H and O–H groups in total. The van der Waals surface area contributed by atoms with E-state index < -0.39 is 17.8 Å². The molecule has 0 saturated carbocycles. The molecule has 0 aromatic carbocycles. The van der Waals surface area contributed by atoms with Crippen molar-refractivity contribution in [2.45, 2.75) is 19.3 Å². The maximum absolute atomic E-state index is 11.5. The first-order valence-corrected chi connectivity index (χ1v) is 5.74. The van der Waals surface area contributed by atoms with Gasteiger partial charge in [0.2, 0.25) is 0 Å². The van der Waals surface area contributed by atoms with E-state index in [1.807, 2.05) is 0 Å². The summed E-state index contributed by atoms with van der Waals surface area (Å²) in [5, 5.41) is 0.869. The Bertz CT molecular complexity index is 474. The van der Waals surface area contributed by atoms with Crippen LogP contribution in [0.4, 0.5) is 0 Å². The van der Waals surface area contributed by atoms with E-state index in [1.54, 1.807) is 0 Å². The van der Waals surface area contributed by atoms with Crippen LogP contribution in [-0.4, -0.2) is 40.2 Å². The summed E-state index contributed by atoms with van der Waals surface area (Å²) in [6.07, 6.45) is 2.83. The smallest absolute Gasteiger partial charge is 0.333 e. The van der Waals surface area contributed by atoms with Crippen LogP contribution in [0.15, 0.2) is 24.4 Å². The largest absolute Gasteiger partial charge is 0.334 e. The number of hydroxylamine groups is 2. The van der Waals surface area contributed by atoms with Crippen LogP contribution in [-0.2, 0) is 24.0 Å². The molecule has 100 valence electrons. The van der Waals surface area contributed by atoms with Crippen LogP contribution in [0.5, 0.6) is 0 Å². The SMILES string of the molecule is C=C1CCC(=O)N1OC(=O)CCN1C(=O)C=CC1=O. The second kappa shape index (κ2) is 5.05. The van der Waals surface area contributed by atoms with E-state index in [9.17, 15) is 19.2 Å². The van der Waals surface area contributed by atoms with Gasteiger partial charge in [0, 0.05) is 25.1 Å². The molecule has 2 heterocycles. The molecule has 2 aliphatic rings. The summed E-state index contributed by atoms with van der Waals surface area (Å²) >= 11 is 0. The molecule has 0 aromatic heterocycles. The third-order valence-electron chi connectivity index (χ3n) is 2.77. The average molecular weight is 264 g/mol. The summed E-state index contributed by atoms with van der Waals surface area (Å²) in [5.41, 5.74) is 0.424. The van der Waals surface area contributed by atoms with Crippen LogP contribution in [0.1, 0.15) is 19.3 Å². The van der Waals surface area contributed by atoms with Gasteiger partial charge in [-0.25, -0.2) is 4.79 Å². The van der Waals surface area contributed by atoms with Gasteiger partial charge in [-0.2, -0.15) is 0 Å². The number of amides is 3. The van der Waals surface area contributed by atoms with E-state index in [-0.39, 0.29) is 25.3 Å². The Kier molecular flexibility index (Phi) is 3.46. The molecule has 2 rings (SSSR count). The highest BCUT2D eigenvalue weighted by atomic mass is 16.7. The minimum absolute atomic E-state index is 0.0714. The van der Waals surface area contributed by atoms with Gasteiger partial charge in [-0.05, 0) is 6.42 Å². The Balaban J connectivity index is 1.82. The number of hydrogen-bond acceptors (Lipinski definition) is 5. The monoisotopic (exact) mass is 264 g/mol. The number of allylic oxidation sites excluding steroid dienone is 1. The summed E-state index contributed by atoms with van der Waals surface area (Å²) in [6.45, 7) is 3.53. The minimum Gasteiger partial charge on any atom is -0.333 e. The molecule has 0 spiro atoms. The van der Waals surface area contributed by atoms with E-state index in [1.165, 1.54) is 0 Å². The molecule has 0 radical (unpaired) electrons. The maximum Gasteiger partial charge on any atom is 0.334 e. The average Bonchev–Trinajstić information content (AvgIpc) is 2.84. The summed E-state index contributed by atoms with van der Waals surface area (Å²) in [7, 11) is 0. The van der Waals surface area contributed by atoms with Gasteiger partial charge >= 0.3 is 5.97 Å². The van der Waals surface area contributed by atoms with Crippen LogP contribution in [0, 0.1) is 0 Å². The van der Waals surface area contributed by atoms with Crippen molar-refractivity contribution in [2.75, 3.05) is 6.54 Å². The standard InChI is InChI=1S/C12H12N2O5/c1-8-2-3-11(17)14(8)19-12(18)6-7-13-9(15)4-5-10(13)16/h4-5H,1-3,6-7H2. The number of rotatable bonds is 4. The molecule has 3 amide bonds. The zero-order valence-corrected chi connectivity index (χ0v) is 10.1. The van der Waals surface area contributed by atoms with E-state index in [4.69, 9.17) is 4.84 Å². The van der Waals surface area contributed by atoms with Crippen LogP contribution in [0.2, 0.25) is 0 Å². The second-order valence-corrected chi connectivity index (χ2v) is 4.13. The minimum atomic E-state index is -0.691. The molecule has 19 heavy (non-hydrogen) atoms. The quantitative estimate of drug-likeness (QED) is 0.662.